The number of aromatic nitrogens is 5. The number of anilines is 2. The molecule has 0 amide bonds. The molecule has 0 aliphatic rings. The van der Waals surface area contributed by atoms with E-state index >= 15 is 0 Å². The number of pyridine rings is 1. The quantitative estimate of drug-likeness (QED) is 0.640. The van der Waals surface area contributed by atoms with Gasteiger partial charge in [-0.2, -0.15) is 4.52 Å². The highest BCUT2D eigenvalue weighted by atomic mass is 15.4. The predicted octanol–water partition coefficient (Wildman–Crippen LogP) is 3.86. The van der Waals surface area contributed by atoms with Gasteiger partial charge in [-0.05, 0) is 30.5 Å². The van der Waals surface area contributed by atoms with Crippen LogP contribution in [0.2, 0.25) is 0 Å². The van der Waals surface area contributed by atoms with Gasteiger partial charge in [0.1, 0.15) is 5.82 Å². The number of rotatable bonds is 8. The van der Waals surface area contributed by atoms with E-state index in [9.17, 15) is 0 Å². The molecule has 0 aromatic carbocycles. The van der Waals surface area contributed by atoms with Crippen molar-refractivity contribution in [3.05, 3.63) is 42.0 Å². The summed E-state index contributed by atoms with van der Waals surface area (Å²) < 4.78 is 1.85. The predicted molar refractivity (Wildman–Crippen MR) is 104 cm³/mol. The van der Waals surface area contributed by atoms with Gasteiger partial charge in [-0.25, -0.2) is 0 Å². The third-order valence-corrected chi connectivity index (χ3v) is 4.48. The van der Waals surface area contributed by atoms with Gasteiger partial charge in [0, 0.05) is 37.0 Å². The molecule has 2 N–H and O–H groups in total. The van der Waals surface area contributed by atoms with Gasteiger partial charge < -0.3 is 10.6 Å². The molecular weight excluding hydrogens is 326 g/mol. The molecule has 0 aliphatic carbocycles. The summed E-state index contributed by atoms with van der Waals surface area (Å²) in [6.07, 6.45) is 5.70. The summed E-state index contributed by atoms with van der Waals surface area (Å²) in [6, 6.07) is 6.41. The Morgan fingerprint density at radius 1 is 1.08 bits per heavy atom. The summed E-state index contributed by atoms with van der Waals surface area (Å²) in [5.74, 6) is 1.94. The first-order valence-electron chi connectivity index (χ1n) is 9.28. The van der Waals surface area contributed by atoms with Crippen LogP contribution in [0.1, 0.15) is 57.8 Å². The van der Waals surface area contributed by atoms with Gasteiger partial charge in [0.15, 0.2) is 5.82 Å². The lowest BCUT2D eigenvalue weighted by Gasteiger charge is -2.17. The van der Waals surface area contributed by atoms with Crippen molar-refractivity contribution in [2.24, 2.45) is 0 Å². The Bertz CT molecular complexity index is 838. The van der Waals surface area contributed by atoms with Crippen LogP contribution in [-0.2, 0) is 6.54 Å². The van der Waals surface area contributed by atoms with Crippen molar-refractivity contribution in [1.29, 1.82) is 0 Å². The number of hydrogen-bond acceptors (Lipinski definition) is 6. The van der Waals surface area contributed by atoms with Gasteiger partial charge in [-0.1, -0.05) is 27.7 Å². The van der Waals surface area contributed by atoms with Crippen LogP contribution in [0.4, 0.5) is 11.5 Å². The molecule has 0 atom stereocenters. The Balaban J connectivity index is 1.96. The van der Waals surface area contributed by atoms with Gasteiger partial charge in [-0.15, -0.1) is 15.3 Å². The van der Waals surface area contributed by atoms with Crippen LogP contribution in [0.5, 0.6) is 0 Å². The lowest BCUT2D eigenvalue weighted by Crippen LogP contribution is -2.19. The zero-order valence-corrected chi connectivity index (χ0v) is 15.9. The van der Waals surface area contributed by atoms with E-state index in [1.54, 1.807) is 12.4 Å². The van der Waals surface area contributed by atoms with E-state index in [0.29, 0.717) is 12.6 Å². The zero-order chi connectivity index (χ0) is 18.5. The maximum absolute atomic E-state index is 4.74. The SMILES string of the molecule is CCC(CC)Nc1cc(NCc2ccncc2)c2nnc(C(C)C)n2n1. The Morgan fingerprint density at radius 3 is 2.46 bits per heavy atom. The second-order valence-electron chi connectivity index (χ2n) is 6.76. The molecule has 0 fully saturated rings. The van der Waals surface area contributed by atoms with Crippen LogP contribution in [-0.4, -0.2) is 30.8 Å². The number of hydrogen-bond donors (Lipinski definition) is 2. The fraction of sp³-hybridized carbons (Fsp3) is 0.474. The monoisotopic (exact) mass is 353 g/mol. The Labute approximate surface area is 154 Å². The Hall–Kier alpha value is -2.70. The minimum Gasteiger partial charge on any atom is -0.378 e. The van der Waals surface area contributed by atoms with Crippen molar-refractivity contribution < 1.29 is 0 Å². The van der Waals surface area contributed by atoms with Crippen molar-refractivity contribution in [3.8, 4) is 0 Å². The third-order valence-electron chi connectivity index (χ3n) is 4.48. The summed E-state index contributed by atoms with van der Waals surface area (Å²) in [4.78, 5) is 4.06. The van der Waals surface area contributed by atoms with E-state index in [1.165, 1.54) is 0 Å². The maximum Gasteiger partial charge on any atom is 0.201 e. The Morgan fingerprint density at radius 2 is 1.81 bits per heavy atom. The number of fused-ring (bicyclic) bond motifs is 1. The standard InChI is InChI=1S/C19H27N7/c1-5-15(6-2)22-17-11-16(21-12-14-7-9-20-10-8-14)19-24-23-18(13(3)4)26(19)25-17/h7-11,13,15,21H,5-6,12H2,1-4H3,(H,22,25). The largest absolute Gasteiger partial charge is 0.378 e. The summed E-state index contributed by atoms with van der Waals surface area (Å²) in [5, 5.41) is 20.4. The average Bonchev–Trinajstić information content (AvgIpc) is 3.09. The van der Waals surface area contributed by atoms with Crippen molar-refractivity contribution in [2.75, 3.05) is 10.6 Å². The van der Waals surface area contributed by atoms with E-state index in [2.05, 4.69) is 53.5 Å². The van der Waals surface area contributed by atoms with Crippen molar-refractivity contribution in [3.63, 3.8) is 0 Å². The first-order valence-corrected chi connectivity index (χ1v) is 9.28. The molecule has 3 heterocycles. The molecule has 3 rings (SSSR count). The van der Waals surface area contributed by atoms with Crippen molar-refractivity contribution in [1.82, 2.24) is 24.8 Å². The van der Waals surface area contributed by atoms with E-state index in [0.717, 1.165) is 41.4 Å². The molecule has 0 unspecified atom stereocenters. The number of nitrogens with one attached hydrogen (secondary N) is 2. The minimum absolute atomic E-state index is 0.244. The molecule has 0 saturated heterocycles. The molecule has 3 aromatic rings. The third kappa shape index (κ3) is 3.92. The van der Waals surface area contributed by atoms with Gasteiger partial charge in [0.2, 0.25) is 5.65 Å². The minimum atomic E-state index is 0.244. The molecule has 26 heavy (non-hydrogen) atoms. The highest BCUT2D eigenvalue weighted by Crippen LogP contribution is 2.23. The number of nitrogens with zero attached hydrogens (tertiary/aromatic N) is 5. The van der Waals surface area contributed by atoms with Crippen LogP contribution in [0.25, 0.3) is 5.65 Å². The van der Waals surface area contributed by atoms with E-state index < -0.39 is 0 Å². The van der Waals surface area contributed by atoms with Crippen LogP contribution in [0, 0.1) is 0 Å². The van der Waals surface area contributed by atoms with Gasteiger partial charge >= 0.3 is 0 Å². The molecule has 0 radical (unpaired) electrons. The lowest BCUT2D eigenvalue weighted by molar-refractivity contribution is 0.661. The molecule has 138 valence electrons. The molecule has 3 aromatic heterocycles. The van der Waals surface area contributed by atoms with Gasteiger partial charge in [-0.3, -0.25) is 4.98 Å². The van der Waals surface area contributed by atoms with Crippen LogP contribution < -0.4 is 10.6 Å². The normalized spacial score (nSPS) is 11.5. The Kier molecular flexibility index (Phi) is 5.65. The van der Waals surface area contributed by atoms with E-state index in [1.807, 2.05) is 22.7 Å². The topological polar surface area (TPSA) is 80.0 Å². The first-order chi connectivity index (χ1) is 12.6. The zero-order valence-electron chi connectivity index (χ0n) is 15.9. The highest BCUT2D eigenvalue weighted by molar-refractivity contribution is 5.70. The van der Waals surface area contributed by atoms with Crippen LogP contribution in [0.3, 0.4) is 0 Å². The summed E-state index contributed by atoms with van der Waals surface area (Å²) >= 11 is 0. The van der Waals surface area contributed by atoms with Crippen molar-refractivity contribution in [2.45, 2.75) is 59.0 Å². The van der Waals surface area contributed by atoms with E-state index in [-0.39, 0.29) is 5.92 Å². The fourth-order valence-electron chi connectivity index (χ4n) is 2.86. The van der Waals surface area contributed by atoms with E-state index in [4.69, 9.17) is 5.10 Å². The maximum atomic E-state index is 4.74. The molecule has 0 spiro atoms. The second-order valence-corrected chi connectivity index (χ2v) is 6.76. The van der Waals surface area contributed by atoms with Crippen LogP contribution >= 0.6 is 0 Å². The summed E-state index contributed by atoms with van der Waals surface area (Å²) in [5.41, 5.74) is 2.83. The molecule has 0 saturated carbocycles. The highest BCUT2D eigenvalue weighted by Gasteiger charge is 2.16. The van der Waals surface area contributed by atoms with Crippen molar-refractivity contribution >= 4 is 17.2 Å². The summed E-state index contributed by atoms with van der Waals surface area (Å²) in [6.45, 7) is 9.25. The second kappa shape index (κ2) is 8.12. The van der Waals surface area contributed by atoms with Gasteiger partial charge in [0.05, 0.1) is 5.69 Å². The molecule has 7 heteroatoms. The fourth-order valence-corrected chi connectivity index (χ4v) is 2.86. The summed E-state index contributed by atoms with van der Waals surface area (Å²) in [7, 11) is 0. The first kappa shape index (κ1) is 18.1. The molecule has 0 aliphatic heterocycles. The smallest absolute Gasteiger partial charge is 0.201 e. The average molecular weight is 353 g/mol. The molecule has 0 bridgehead atoms. The van der Waals surface area contributed by atoms with Gasteiger partial charge in [0.25, 0.3) is 0 Å². The molecular formula is C19H27N7. The lowest BCUT2D eigenvalue weighted by atomic mass is 10.2. The van der Waals surface area contributed by atoms with Crippen LogP contribution in [0.15, 0.2) is 30.6 Å². The molecule has 7 nitrogen and oxygen atoms in total.